The Kier molecular flexibility index (Phi) is 3.51. The molecule has 0 saturated carbocycles. The van der Waals surface area contributed by atoms with E-state index in [-0.39, 0.29) is 0 Å². The Morgan fingerprint density at radius 1 is 1.19 bits per heavy atom. The van der Waals surface area contributed by atoms with Crippen molar-refractivity contribution in [2.75, 3.05) is 0 Å². The van der Waals surface area contributed by atoms with Crippen LogP contribution in [0.4, 0.5) is 0 Å². The number of fused-ring (bicyclic) bond motifs is 1. The van der Waals surface area contributed by atoms with Crippen LogP contribution in [0.1, 0.15) is 28.2 Å². The topological polar surface area (TPSA) is 47.2 Å². The van der Waals surface area contributed by atoms with Crippen molar-refractivity contribution in [3.8, 4) is 0 Å². The quantitative estimate of drug-likeness (QED) is 0.799. The molecule has 3 rings (SSSR count). The molecule has 110 valence electrons. The van der Waals surface area contributed by atoms with Crippen LogP contribution in [0.15, 0.2) is 24.5 Å². The molecule has 0 saturated heterocycles. The number of hydrogen-bond donors (Lipinski definition) is 1. The number of hydrogen-bond acceptors (Lipinski definition) is 3. The van der Waals surface area contributed by atoms with E-state index < -0.39 is 0 Å². The highest BCUT2D eigenvalue weighted by atomic mass is 15.3. The van der Waals surface area contributed by atoms with Gasteiger partial charge in [0.15, 0.2) is 0 Å². The van der Waals surface area contributed by atoms with Crippen LogP contribution in [0.3, 0.4) is 0 Å². The fraction of sp³-hybridized carbons (Fsp3) is 0.375. The zero-order valence-corrected chi connectivity index (χ0v) is 13.0. The highest BCUT2D eigenvalue weighted by Gasteiger charge is 2.09. The maximum absolute atomic E-state index is 4.67. The summed E-state index contributed by atoms with van der Waals surface area (Å²) >= 11 is 0. The van der Waals surface area contributed by atoms with Crippen molar-refractivity contribution >= 4 is 5.65 Å². The molecule has 0 aliphatic heterocycles. The third-order valence-electron chi connectivity index (χ3n) is 3.99. The zero-order valence-electron chi connectivity index (χ0n) is 13.0. The van der Waals surface area contributed by atoms with Crippen LogP contribution in [0.25, 0.3) is 5.65 Å². The minimum atomic E-state index is 0.759. The Labute approximate surface area is 124 Å². The summed E-state index contributed by atoms with van der Waals surface area (Å²) in [5.41, 5.74) is 6.87. The maximum Gasteiger partial charge on any atom is 0.139 e. The lowest BCUT2D eigenvalue weighted by Gasteiger charge is -2.03. The van der Waals surface area contributed by atoms with Gasteiger partial charge in [0, 0.05) is 43.8 Å². The monoisotopic (exact) mass is 283 g/mol. The smallest absolute Gasteiger partial charge is 0.139 e. The van der Waals surface area contributed by atoms with E-state index in [9.17, 15) is 0 Å². The van der Waals surface area contributed by atoms with Gasteiger partial charge in [-0.25, -0.2) is 4.98 Å². The lowest BCUT2D eigenvalue weighted by Crippen LogP contribution is -2.14. The number of nitrogens with zero attached hydrogens (tertiary/aromatic N) is 4. The van der Waals surface area contributed by atoms with Crippen LogP contribution in [0.2, 0.25) is 0 Å². The number of aryl methyl sites for hydroxylation is 3. The third-order valence-corrected chi connectivity index (χ3v) is 3.99. The lowest BCUT2D eigenvalue weighted by atomic mass is 10.2. The molecular weight excluding hydrogens is 262 g/mol. The number of rotatable bonds is 4. The molecule has 5 nitrogen and oxygen atoms in total. The molecule has 0 fully saturated rings. The molecule has 21 heavy (non-hydrogen) atoms. The molecule has 0 aromatic carbocycles. The SMILES string of the molecule is Cc1nn(C)c(C)c1CNCc1cn2cccc(C)c2n1. The van der Waals surface area contributed by atoms with E-state index in [1.165, 1.54) is 16.8 Å². The molecule has 3 aromatic rings. The zero-order chi connectivity index (χ0) is 15.0. The summed E-state index contributed by atoms with van der Waals surface area (Å²) in [6.07, 6.45) is 4.12. The van der Waals surface area contributed by atoms with Gasteiger partial charge in [0.2, 0.25) is 0 Å². The second-order valence-electron chi connectivity index (χ2n) is 5.53. The van der Waals surface area contributed by atoms with Gasteiger partial charge in [-0.3, -0.25) is 4.68 Å². The van der Waals surface area contributed by atoms with Crippen molar-refractivity contribution in [1.29, 1.82) is 0 Å². The number of aromatic nitrogens is 4. The van der Waals surface area contributed by atoms with E-state index in [4.69, 9.17) is 0 Å². The minimum Gasteiger partial charge on any atom is -0.307 e. The third kappa shape index (κ3) is 2.56. The van der Waals surface area contributed by atoms with Gasteiger partial charge in [-0.05, 0) is 32.4 Å². The fourth-order valence-corrected chi connectivity index (χ4v) is 2.68. The summed E-state index contributed by atoms with van der Waals surface area (Å²) in [6, 6.07) is 4.13. The predicted octanol–water partition coefficient (Wildman–Crippen LogP) is 2.28. The molecule has 5 heteroatoms. The highest BCUT2D eigenvalue weighted by molar-refractivity contribution is 5.47. The summed E-state index contributed by atoms with van der Waals surface area (Å²) < 4.78 is 4.01. The standard InChI is InChI=1S/C16H21N5/c1-11-6-5-7-21-10-14(18-16(11)21)8-17-9-15-12(2)19-20(4)13(15)3/h5-7,10,17H,8-9H2,1-4H3. The Morgan fingerprint density at radius 2 is 2.00 bits per heavy atom. The van der Waals surface area contributed by atoms with Crippen LogP contribution >= 0.6 is 0 Å². The minimum absolute atomic E-state index is 0.759. The molecule has 0 unspecified atom stereocenters. The molecule has 0 amide bonds. The normalized spacial score (nSPS) is 11.4. The van der Waals surface area contributed by atoms with Crippen molar-refractivity contribution in [1.82, 2.24) is 24.5 Å². The molecule has 0 spiro atoms. The van der Waals surface area contributed by atoms with Gasteiger partial charge >= 0.3 is 0 Å². The van der Waals surface area contributed by atoms with Gasteiger partial charge in [-0.1, -0.05) is 6.07 Å². The largest absolute Gasteiger partial charge is 0.307 e. The summed E-state index contributed by atoms with van der Waals surface area (Å²) in [6.45, 7) is 7.82. The van der Waals surface area contributed by atoms with Crippen molar-refractivity contribution in [2.24, 2.45) is 7.05 Å². The van der Waals surface area contributed by atoms with Gasteiger partial charge in [0.1, 0.15) is 5.65 Å². The molecule has 0 aliphatic rings. The fourth-order valence-electron chi connectivity index (χ4n) is 2.68. The summed E-state index contributed by atoms with van der Waals surface area (Å²) in [5, 5.41) is 7.90. The summed E-state index contributed by atoms with van der Waals surface area (Å²) in [4.78, 5) is 4.67. The molecule has 0 atom stereocenters. The van der Waals surface area contributed by atoms with E-state index in [1.54, 1.807) is 0 Å². The first-order chi connectivity index (χ1) is 10.1. The highest BCUT2D eigenvalue weighted by Crippen LogP contribution is 2.12. The number of nitrogens with one attached hydrogen (secondary N) is 1. The average Bonchev–Trinajstić information content (AvgIpc) is 2.96. The van der Waals surface area contributed by atoms with E-state index in [1.807, 2.05) is 24.0 Å². The van der Waals surface area contributed by atoms with E-state index in [0.717, 1.165) is 30.1 Å². The van der Waals surface area contributed by atoms with Gasteiger partial charge in [-0.2, -0.15) is 5.10 Å². The van der Waals surface area contributed by atoms with Gasteiger partial charge in [0.05, 0.1) is 11.4 Å². The molecule has 3 heterocycles. The van der Waals surface area contributed by atoms with E-state index in [2.05, 4.69) is 52.8 Å². The van der Waals surface area contributed by atoms with Gasteiger partial charge < -0.3 is 9.72 Å². The van der Waals surface area contributed by atoms with E-state index in [0.29, 0.717) is 0 Å². The van der Waals surface area contributed by atoms with Crippen molar-refractivity contribution < 1.29 is 0 Å². The first-order valence-corrected chi connectivity index (χ1v) is 7.19. The second-order valence-corrected chi connectivity index (χ2v) is 5.53. The van der Waals surface area contributed by atoms with Crippen molar-refractivity contribution in [3.05, 3.63) is 52.7 Å². The Hall–Kier alpha value is -2.14. The first-order valence-electron chi connectivity index (χ1n) is 7.19. The van der Waals surface area contributed by atoms with Crippen LogP contribution in [0, 0.1) is 20.8 Å². The average molecular weight is 283 g/mol. The Bertz CT molecular complexity index is 781. The molecule has 0 bridgehead atoms. The Balaban J connectivity index is 1.71. The summed E-state index contributed by atoms with van der Waals surface area (Å²) in [5.74, 6) is 0. The van der Waals surface area contributed by atoms with Gasteiger partial charge in [-0.15, -0.1) is 0 Å². The molecule has 1 N–H and O–H groups in total. The second kappa shape index (κ2) is 5.33. The molecule has 0 radical (unpaired) electrons. The van der Waals surface area contributed by atoms with Crippen LogP contribution in [-0.4, -0.2) is 19.2 Å². The lowest BCUT2D eigenvalue weighted by molar-refractivity contribution is 0.674. The molecule has 3 aromatic heterocycles. The van der Waals surface area contributed by atoms with Crippen molar-refractivity contribution in [3.63, 3.8) is 0 Å². The van der Waals surface area contributed by atoms with Crippen LogP contribution < -0.4 is 5.32 Å². The number of pyridine rings is 1. The van der Waals surface area contributed by atoms with Crippen molar-refractivity contribution in [2.45, 2.75) is 33.9 Å². The predicted molar refractivity (Wildman–Crippen MR) is 83.2 cm³/mol. The van der Waals surface area contributed by atoms with Crippen LogP contribution in [-0.2, 0) is 20.1 Å². The Morgan fingerprint density at radius 3 is 2.67 bits per heavy atom. The first kappa shape index (κ1) is 13.8. The van der Waals surface area contributed by atoms with Crippen LogP contribution in [0.5, 0.6) is 0 Å². The number of imidazole rings is 1. The van der Waals surface area contributed by atoms with E-state index >= 15 is 0 Å². The molecule has 0 aliphatic carbocycles. The summed E-state index contributed by atoms with van der Waals surface area (Å²) in [7, 11) is 1.98. The molecular formula is C16H21N5. The maximum atomic E-state index is 4.67. The van der Waals surface area contributed by atoms with Gasteiger partial charge in [0.25, 0.3) is 0 Å².